The van der Waals surface area contributed by atoms with Gasteiger partial charge in [-0.05, 0) is 18.3 Å². The molecule has 3 nitrogen and oxygen atoms in total. The van der Waals surface area contributed by atoms with Crippen LogP contribution in [-0.4, -0.2) is 23.7 Å². The lowest BCUT2D eigenvalue weighted by Gasteiger charge is -2.28. The van der Waals surface area contributed by atoms with Gasteiger partial charge in [0.05, 0.1) is 12.6 Å². The molecule has 1 saturated heterocycles. The molecule has 1 aliphatic carbocycles. The molecule has 0 aromatic heterocycles. The van der Waals surface area contributed by atoms with Crippen LogP contribution in [0.1, 0.15) is 13.3 Å². The summed E-state index contributed by atoms with van der Waals surface area (Å²) in [4.78, 5) is 11.5. The maximum atomic E-state index is 11.5. The Labute approximate surface area is 77.8 Å². The van der Waals surface area contributed by atoms with E-state index >= 15 is 0 Å². The van der Waals surface area contributed by atoms with E-state index in [1.54, 1.807) is 0 Å². The third-order valence-corrected chi connectivity index (χ3v) is 3.23. The molecule has 0 spiro atoms. The summed E-state index contributed by atoms with van der Waals surface area (Å²) in [5, 5.41) is 11.9. The second-order valence-corrected chi connectivity index (χ2v) is 4.00. The number of carbonyl (C=O) groups excluding carboxylic acids is 1. The van der Waals surface area contributed by atoms with Gasteiger partial charge >= 0.3 is 0 Å². The number of hydrogen-bond donors (Lipinski definition) is 2. The summed E-state index contributed by atoms with van der Waals surface area (Å²) in [6.07, 6.45) is 5.05. The Morgan fingerprint density at radius 3 is 3.15 bits per heavy atom. The van der Waals surface area contributed by atoms with Gasteiger partial charge in [0.2, 0.25) is 5.91 Å². The lowest BCUT2D eigenvalue weighted by atomic mass is 9.75. The topological polar surface area (TPSA) is 49.3 Å². The van der Waals surface area contributed by atoms with Crippen molar-refractivity contribution in [2.75, 3.05) is 6.61 Å². The third kappa shape index (κ3) is 1.27. The van der Waals surface area contributed by atoms with E-state index in [-0.39, 0.29) is 24.5 Å². The van der Waals surface area contributed by atoms with Crippen LogP contribution in [0.4, 0.5) is 0 Å². The van der Waals surface area contributed by atoms with Crippen LogP contribution >= 0.6 is 0 Å². The van der Waals surface area contributed by atoms with Gasteiger partial charge in [-0.15, -0.1) is 0 Å². The van der Waals surface area contributed by atoms with E-state index in [0.29, 0.717) is 11.8 Å². The van der Waals surface area contributed by atoms with Crippen molar-refractivity contribution < 1.29 is 9.90 Å². The van der Waals surface area contributed by atoms with Crippen molar-refractivity contribution in [3.05, 3.63) is 12.2 Å². The smallest absolute Gasteiger partial charge is 0.224 e. The molecule has 2 N–H and O–H groups in total. The number of rotatable bonds is 1. The van der Waals surface area contributed by atoms with Crippen LogP contribution < -0.4 is 5.32 Å². The molecule has 4 atom stereocenters. The minimum absolute atomic E-state index is 0.0301. The summed E-state index contributed by atoms with van der Waals surface area (Å²) in [6, 6.07) is -0.0301. The molecule has 0 bridgehead atoms. The van der Waals surface area contributed by atoms with Crippen molar-refractivity contribution in [1.29, 1.82) is 0 Å². The predicted octanol–water partition coefficient (Wildman–Crippen LogP) is 0.305. The first-order valence-electron chi connectivity index (χ1n) is 4.82. The highest BCUT2D eigenvalue weighted by Crippen LogP contribution is 2.36. The Kier molecular flexibility index (Phi) is 2.12. The van der Waals surface area contributed by atoms with E-state index in [0.717, 1.165) is 6.42 Å². The van der Waals surface area contributed by atoms with Gasteiger partial charge in [0.1, 0.15) is 0 Å². The number of nitrogens with one attached hydrogen (secondary N) is 1. The van der Waals surface area contributed by atoms with Crippen LogP contribution in [0.2, 0.25) is 0 Å². The summed E-state index contributed by atoms with van der Waals surface area (Å²) < 4.78 is 0. The fourth-order valence-electron chi connectivity index (χ4n) is 2.57. The molecule has 0 aromatic carbocycles. The van der Waals surface area contributed by atoms with Gasteiger partial charge in [0.15, 0.2) is 0 Å². The van der Waals surface area contributed by atoms with Crippen LogP contribution in [0.15, 0.2) is 12.2 Å². The van der Waals surface area contributed by atoms with Crippen molar-refractivity contribution in [3.8, 4) is 0 Å². The van der Waals surface area contributed by atoms with E-state index < -0.39 is 0 Å². The van der Waals surface area contributed by atoms with Crippen molar-refractivity contribution in [2.24, 2.45) is 17.8 Å². The molecular weight excluding hydrogens is 166 g/mol. The summed E-state index contributed by atoms with van der Waals surface area (Å²) in [7, 11) is 0. The van der Waals surface area contributed by atoms with Gasteiger partial charge in [-0.25, -0.2) is 0 Å². The Hall–Kier alpha value is -0.830. The standard InChI is InChI=1S/C10H15NO2/c1-6-3-2-4-7-9(6)8(5-12)11-10(7)13/h2-3,6-9,12H,4-5H2,1H3,(H,11,13)/t6-,7-,8-,9+/m1/s1. The van der Waals surface area contributed by atoms with Crippen molar-refractivity contribution in [1.82, 2.24) is 5.32 Å². The number of fused-ring (bicyclic) bond motifs is 1. The van der Waals surface area contributed by atoms with Gasteiger partial charge in [0.25, 0.3) is 0 Å². The molecule has 1 heterocycles. The molecule has 72 valence electrons. The van der Waals surface area contributed by atoms with Crippen LogP contribution in [0.25, 0.3) is 0 Å². The predicted molar refractivity (Wildman–Crippen MR) is 48.9 cm³/mol. The lowest BCUT2D eigenvalue weighted by Crippen LogP contribution is -2.35. The van der Waals surface area contributed by atoms with Gasteiger partial charge in [0, 0.05) is 5.92 Å². The molecule has 1 amide bonds. The highest BCUT2D eigenvalue weighted by Gasteiger charge is 2.44. The molecule has 1 fully saturated rings. The van der Waals surface area contributed by atoms with Gasteiger partial charge in [-0.3, -0.25) is 4.79 Å². The fraction of sp³-hybridized carbons (Fsp3) is 0.700. The average Bonchev–Trinajstić information content (AvgIpc) is 2.45. The first kappa shape index (κ1) is 8.75. The average molecular weight is 181 g/mol. The minimum Gasteiger partial charge on any atom is -0.394 e. The number of allylic oxidation sites excluding steroid dienone is 2. The second kappa shape index (κ2) is 3.14. The monoisotopic (exact) mass is 181 g/mol. The zero-order valence-corrected chi connectivity index (χ0v) is 7.73. The SMILES string of the molecule is C[C@@H]1C=CC[C@H]2C(=O)N[C@H](CO)[C@@H]12. The van der Waals surface area contributed by atoms with E-state index in [1.165, 1.54) is 0 Å². The maximum Gasteiger partial charge on any atom is 0.224 e. The normalized spacial score (nSPS) is 43.1. The number of aliphatic hydroxyl groups excluding tert-OH is 1. The number of hydrogen-bond acceptors (Lipinski definition) is 2. The summed E-state index contributed by atoms with van der Waals surface area (Å²) in [5.74, 6) is 0.898. The number of amides is 1. The minimum atomic E-state index is -0.0301. The molecule has 3 heteroatoms. The van der Waals surface area contributed by atoms with Gasteiger partial charge in [-0.2, -0.15) is 0 Å². The van der Waals surface area contributed by atoms with Crippen LogP contribution in [0, 0.1) is 17.8 Å². The van der Waals surface area contributed by atoms with E-state index in [2.05, 4.69) is 24.4 Å². The van der Waals surface area contributed by atoms with Crippen LogP contribution in [-0.2, 0) is 4.79 Å². The molecule has 2 aliphatic rings. The van der Waals surface area contributed by atoms with Crippen molar-refractivity contribution >= 4 is 5.91 Å². The summed E-state index contributed by atoms with van der Waals surface area (Å²) in [5.41, 5.74) is 0. The highest BCUT2D eigenvalue weighted by atomic mass is 16.3. The molecule has 0 saturated carbocycles. The Balaban J connectivity index is 2.23. The zero-order valence-electron chi connectivity index (χ0n) is 7.73. The Bertz CT molecular complexity index is 249. The highest BCUT2D eigenvalue weighted by molar-refractivity contribution is 5.82. The van der Waals surface area contributed by atoms with Gasteiger partial charge < -0.3 is 10.4 Å². The molecule has 13 heavy (non-hydrogen) atoms. The molecule has 1 aliphatic heterocycles. The van der Waals surface area contributed by atoms with E-state index in [1.807, 2.05) is 0 Å². The molecular formula is C10H15NO2. The van der Waals surface area contributed by atoms with E-state index in [9.17, 15) is 4.79 Å². The summed E-state index contributed by atoms with van der Waals surface area (Å²) >= 11 is 0. The fourth-order valence-corrected chi connectivity index (χ4v) is 2.57. The molecule has 0 aromatic rings. The Morgan fingerprint density at radius 1 is 1.69 bits per heavy atom. The van der Waals surface area contributed by atoms with Crippen LogP contribution in [0.5, 0.6) is 0 Å². The van der Waals surface area contributed by atoms with Crippen molar-refractivity contribution in [3.63, 3.8) is 0 Å². The first-order chi connectivity index (χ1) is 6.24. The first-order valence-corrected chi connectivity index (χ1v) is 4.82. The molecule has 0 radical (unpaired) electrons. The Morgan fingerprint density at radius 2 is 2.46 bits per heavy atom. The van der Waals surface area contributed by atoms with Crippen molar-refractivity contribution in [2.45, 2.75) is 19.4 Å². The molecule has 2 rings (SSSR count). The maximum absolute atomic E-state index is 11.5. The molecule has 0 unspecified atom stereocenters. The number of aliphatic hydroxyl groups is 1. The third-order valence-electron chi connectivity index (χ3n) is 3.23. The zero-order chi connectivity index (χ0) is 9.42. The quantitative estimate of drug-likeness (QED) is 0.572. The largest absolute Gasteiger partial charge is 0.394 e. The summed E-state index contributed by atoms with van der Waals surface area (Å²) in [6.45, 7) is 2.17. The lowest BCUT2D eigenvalue weighted by molar-refractivity contribution is -0.123. The van der Waals surface area contributed by atoms with Crippen LogP contribution in [0.3, 0.4) is 0 Å². The van der Waals surface area contributed by atoms with E-state index in [4.69, 9.17) is 5.11 Å². The number of carbonyl (C=O) groups is 1. The van der Waals surface area contributed by atoms with Gasteiger partial charge in [-0.1, -0.05) is 19.1 Å². The second-order valence-electron chi connectivity index (χ2n) is 4.00.